The molecule has 0 aliphatic heterocycles. The molecule has 0 nitrogen and oxygen atoms in total. The molecular weight excluding hydrogens is 252 g/mol. The minimum Gasteiger partial charge on any atom is -0.0616 e. The average Bonchev–Trinajstić information content (AvgIpc) is 2.50. The summed E-state index contributed by atoms with van der Waals surface area (Å²) in [4.78, 5) is 0. The second kappa shape index (κ2) is 4.33. The number of benzene rings is 3. The first-order chi connectivity index (χ1) is 10.2. The lowest BCUT2D eigenvalue weighted by atomic mass is 9.89. The van der Waals surface area contributed by atoms with Gasteiger partial charge in [-0.3, -0.25) is 0 Å². The second-order valence-corrected chi connectivity index (χ2v) is 5.95. The largest absolute Gasteiger partial charge is 0.0616 e. The van der Waals surface area contributed by atoms with Crippen molar-refractivity contribution in [3.05, 3.63) is 92.2 Å². The Hall–Kier alpha value is -2.34. The highest BCUT2D eigenvalue weighted by Crippen LogP contribution is 2.30. The molecule has 0 N–H and O–H groups in total. The molecule has 0 heterocycles. The van der Waals surface area contributed by atoms with E-state index in [1.165, 1.54) is 48.7 Å². The molecule has 0 atom stereocenters. The topological polar surface area (TPSA) is 0 Å². The van der Waals surface area contributed by atoms with E-state index in [1.807, 2.05) is 0 Å². The maximum absolute atomic E-state index is 2.27. The summed E-state index contributed by atoms with van der Waals surface area (Å²) in [6.07, 6.45) is 0. The normalized spacial score (nSPS) is 11.6. The number of fused-ring (bicyclic) bond motifs is 2. The van der Waals surface area contributed by atoms with Gasteiger partial charge in [0, 0.05) is 0 Å². The average molecular weight is 270 g/mol. The lowest BCUT2D eigenvalue weighted by molar-refractivity contribution is 1.25. The molecule has 3 aromatic carbocycles. The molecule has 3 aromatic rings. The molecule has 0 unspecified atom stereocenters. The quantitative estimate of drug-likeness (QED) is 0.448. The zero-order valence-corrected chi connectivity index (χ0v) is 12.7. The molecule has 0 saturated heterocycles. The van der Waals surface area contributed by atoms with E-state index in [1.54, 1.807) is 0 Å². The van der Waals surface area contributed by atoms with Gasteiger partial charge in [-0.25, -0.2) is 0 Å². The lowest BCUT2D eigenvalue weighted by Gasteiger charge is -2.15. The maximum Gasteiger partial charge on any atom is -0.00203 e. The first-order valence-corrected chi connectivity index (χ1v) is 7.48. The van der Waals surface area contributed by atoms with Crippen LogP contribution >= 0.6 is 0 Å². The Bertz CT molecular complexity index is 1060. The van der Waals surface area contributed by atoms with Crippen LogP contribution in [0.25, 0.3) is 11.1 Å². The van der Waals surface area contributed by atoms with Gasteiger partial charge in [0.15, 0.2) is 0 Å². The van der Waals surface area contributed by atoms with Crippen molar-refractivity contribution in [2.45, 2.75) is 20.8 Å². The number of aryl methyl sites for hydroxylation is 1. The summed E-state index contributed by atoms with van der Waals surface area (Å²) in [6.45, 7) is 6.64. The molecule has 0 amide bonds. The Morgan fingerprint density at radius 3 is 2.05 bits per heavy atom. The van der Waals surface area contributed by atoms with E-state index in [-0.39, 0.29) is 0 Å². The molecular formula is C21H18. The van der Waals surface area contributed by atoms with Crippen molar-refractivity contribution < 1.29 is 0 Å². The smallest absolute Gasteiger partial charge is 0.00203 e. The van der Waals surface area contributed by atoms with Gasteiger partial charge in [-0.1, -0.05) is 54.6 Å². The van der Waals surface area contributed by atoms with Crippen LogP contribution in [-0.2, 0) is 0 Å². The van der Waals surface area contributed by atoms with Gasteiger partial charge in [0.05, 0.1) is 0 Å². The van der Waals surface area contributed by atoms with Crippen molar-refractivity contribution in [1.82, 2.24) is 0 Å². The van der Waals surface area contributed by atoms with Gasteiger partial charge < -0.3 is 0 Å². The van der Waals surface area contributed by atoms with Crippen LogP contribution in [0.1, 0.15) is 16.7 Å². The van der Waals surface area contributed by atoms with E-state index >= 15 is 0 Å². The van der Waals surface area contributed by atoms with E-state index in [0.29, 0.717) is 0 Å². The highest BCUT2D eigenvalue weighted by Gasteiger charge is 2.11. The summed E-state index contributed by atoms with van der Waals surface area (Å²) < 4.78 is 0. The first-order valence-electron chi connectivity index (χ1n) is 7.48. The Balaban J connectivity index is 2.13. The fourth-order valence-corrected chi connectivity index (χ4v) is 3.41. The molecule has 102 valence electrons. The van der Waals surface area contributed by atoms with Gasteiger partial charge in [-0.2, -0.15) is 0 Å². The van der Waals surface area contributed by atoms with Gasteiger partial charge >= 0.3 is 0 Å². The molecule has 4 rings (SSSR count). The Morgan fingerprint density at radius 2 is 1.24 bits per heavy atom. The Labute approximate surface area is 124 Å². The Kier molecular flexibility index (Phi) is 2.56. The van der Waals surface area contributed by atoms with E-state index in [0.717, 1.165) is 0 Å². The fraction of sp³-hybridized carbons (Fsp3) is 0.143. The van der Waals surface area contributed by atoms with E-state index < -0.39 is 0 Å². The van der Waals surface area contributed by atoms with Crippen molar-refractivity contribution in [1.29, 1.82) is 0 Å². The lowest BCUT2D eigenvalue weighted by Crippen LogP contribution is -1.97. The van der Waals surface area contributed by atoms with Crippen LogP contribution in [-0.4, -0.2) is 0 Å². The molecule has 21 heavy (non-hydrogen) atoms. The summed E-state index contributed by atoms with van der Waals surface area (Å²) in [7, 11) is 0. The van der Waals surface area contributed by atoms with Crippen LogP contribution in [0.4, 0.5) is 0 Å². The van der Waals surface area contributed by atoms with E-state index in [9.17, 15) is 0 Å². The molecule has 0 aromatic heterocycles. The van der Waals surface area contributed by atoms with Crippen molar-refractivity contribution in [2.24, 2.45) is 0 Å². The highest BCUT2D eigenvalue weighted by molar-refractivity contribution is 5.71. The van der Waals surface area contributed by atoms with Crippen LogP contribution < -0.4 is 0 Å². The molecule has 0 bridgehead atoms. The minimum atomic E-state index is 1.37. The van der Waals surface area contributed by atoms with Crippen LogP contribution in [0.3, 0.4) is 0 Å². The standard InChI is InChI=1S/C21H18/c1-13-11-12-16(15(3)14(13)2)18-9-6-10-20-17-7-4-5-8-19(17)21(18)20/h4-12H,1-3H3. The third kappa shape index (κ3) is 1.62. The zero-order chi connectivity index (χ0) is 14.6. The first kappa shape index (κ1) is 12.4. The van der Waals surface area contributed by atoms with Crippen LogP contribution in [0.15, 0.2) is 54.6 Å². The van der Waals surface area contributed by atoms with Crippen molar-refractivity contribution in [3.63, 3.8) is 0 Å². The van der Waals surface area contributed by atoms with Crippen LogP contribution in [0, 0.1) is 41.6 Å². The minimum absolute atomic E-state index is 1.37. The van der Waals surface area contributed by atoms with Crippen molar-refractivity contribution in [2.75, 3.05) is 0 Å². The van der Waals surface area contributed by atoms with Gasteiger partial charge in [-0.05, 0) is 69.5 Å². The van der Waals surface area contributed by atoms with E-state index in [2.05, 4.69) is 75.4 Å². The summed E-state index contributed by atoms with van der Waals surface area (Å²) >= 11 is 0. The molecule has 0 fully saturated rings. The SMILES string of the molecule is Cc1ccc(-c2cccc3c2=c2ccccc2=3)c(C)c1C. The van der Waals surface area contributed by atoms with Crippen molar-refractivity contribution in [3.8, 4) is 11.1 Å². The zero-order valence-electron chi connectivity index (χ0n) is 12.7. The Morgan fingerprint density at radius 1 is 0.524 bits per heavy atom. The summed E-state index contributed by atoms with van der Waals surface area (Å²) in [5, 5.41) is 5.58. The number of rotatable bonds is 1. The van der Waals surface area contributed by atoms with Gasteiger partial charge in [0.1, 0.15) is 0 Å². The second-order valence-electron chi connectivity index (χ2n) is 5.95. The molecule has 1 aliphatic carbocycles. The van der Waals surface area contributed by atoms with Crippen LogP contribution in [0.5, 0.6) is 0 Å². The maximum atomic E-state index is 2.27. The summed E-state index contributed by atoms with van der Waals surface area (Å²) in [6, 6.07) is 19.9. The highest BCUT2D eigenvalue weighted by atomic mass is 14.1. The predicted octanol–water partition coefficient (Wildman–Crippen LogP) is 5.17. The molecule has 0 heteroatoms. The molecule has 0 saturated carbocycles. The number of hydrogen-bond donors (Lipinski definition) is 0. The third-order valence-electron chi connectivity index (χ3n) is 4.90. The number of hydrogen-bond acceptors (Lipinski definition) is 0. The van der Waals surface area contributed by atoms with Gasteiger partial charge in [0.2, 0.25) is 0 Å². The van der Waals surface area contributed by atoms with E-state index in [4.69, 9.17) is 0 Å². The fourth-order valence-electron chi connectivity index (χ4n) is 3.41. The molecule has 0 spiro atoms. The van der Waals surface area contributed by atoms with Crippen LogP contribution in [0.2, 0.25) is 0 Å². The van der Waals surface area contributed by atoms with Crippen molar-refractivity contribution >= 4 is 0 Å². The summed E-state index contributed by atoms with van der Waals surface area (Å²) in [5.41, 5.74) is 6.90. The third-order valence-corrected chi connectivity index (χ3v) is 4.90. The molecule has 1 aliphatic rings. The summed E-state index contributed by atoms with van der Waals surface area (Å²) in [5.74, 6) is 0. The monoisotopic (exact) mass is 270 g/mol. The molecule has 0 radical (unpaired) electrons. The van der Waals surface area contributed by atoms with Gasteiger partial charge in [0.25, 0.3) is 0 Å². The predicted molar refractivity (Wildman–Crippen MR) is 87.9 cm³/mol. The van der Waals surface area contributed by atoms with Gasteiger partial charge in [-0.15, -0.1) is 0 Å².